The van der Waals surface area contributed by atoms with Gasteiger partial charge in [-0.3, -0.25) is 9.59 Å². The Kier molecular flexibility index (Phi) is 7.11. The smallest absolute Gasteiger partial charge is 0.255 e. The van der Waals surface area contributed by atoms with Crippen LogP contribution < -0.4 is 10.1 Å². The number of para-hydroxylation sites is 1. The molecule has 0 radical (unpaired) electrons. The lowest BCUT2D eigenvalue weighted by Crippen LogP contribution is -2.42. The van der Waals surface area contributed by atoms with Crippen LogP contribution in [0.1, 0.15) is 24.9 Å². The summed E-state index contributed by atoms with van der Waals surface area (Å²) in [6, 6.07) is 16.6. The Morgan fingerprint density at radius 1 is 1.14 bits per heavy atom. The molecule has 0 saturated carbocycles. The van der Waals surface area contributed by atoms with Crippen LogP contribution in [0.2, 0.25) is 0 Å². The number of hydrogen-bond donors (Lipinski definition) is 1. The van der Waals surface area contributed by atoms with Gasteiger partial charge in [-0.05, 0) is 42.2 Å². The fraction of sp³-hybridized carbons (Fsp3) is 0.296. The maximum Gasteiger partial charge on any atom is 0.255 e. The van der Waals surface area contributed by atoms with Crippen LogP contribution in [-0.4, -0.2) is 60.2 Å². The van der Waals surface area contributed by atoms with E-state index in [0.29, 0.717) is 49.0 Å². The van der Waals surface area contributed by atoms with E-state index in [1.165, 1.54) is 11.8 Å². The van der Waals surface area contributed by atoms with Gasteiger partial charge in [-0.2, -0.15) is 0 Å². The van der Waals surface area contributed by atoms with E-state index in [1.54, 1.807) is 7.11 Å². The highest BCUT2D eigenvalue weighted by molar-refractivity contribution is 8.16. The maximum absolute atomic E-state index is 13.7. The number of carbonyl (C=O) groups is 2. The van der Waals surface area contributed by atoms with Gasteiger partial charge in [0.1, 0.15) is 5.75 Å². The van der Waals surface area contributed by atoms with E-state index in [-0.39, 0.29) is 18.2 Å². The molecule has 1 unspecified atom stereocenters. The second kappa shape index (κ2) is 10.6. The van der Waals surface area contributed by atoms with Gasteiger partial charge >= 0.3 is 0 Å². The minimum atomic E-state index is -0.463. The van der Waals surface area contributed by atoms with Gasteiger partial charge in [0.25, 0.3) is 5.91 Å². The highest BCUT2D eigenvalue weighted by atomic mass is 32.2. The molecular weight excluding hydrogens is 476 g/mol. The largest absolute Gasteiger partial charge is 0.497 e. The van der Waals surface area contributed by atoms with E-state index >= 15 is 0 Å². The number of benzene rings is 2. The van der Waals surface area contributed by atoms with Crippen molar-refractivity contribution >= 4 is 34.4 Å². The van der Waals surface area contributed by atoms with Crippen LogP contribution in [0.5, 0.6) is 5.75 Å². The third-order valence-corrected chi connectivity index (χ3v) is 7.27. The van der Waals surface area contributed by atoms with Gasteiger partial charge in [0, 0.05) is 24.5 Å². The molecule has 0 spiro atoms. The molecule has 2 aromatic carbocycles. The molecule has 0 aromatic heterocycles. The second-order valence-corrected chi connectivity index (χ2v) is 9.50. The van der Waals surface area contributed by atoms with Crippen LogP contribution in [0.4, 0.5) is 5.69 Å². The number of allylic oxidation sites excluding steroid dienone is 1. The lowest BCUT2D eigenvalue weighted by atomic mass is 9.93. The molecule has 2 amide bonds. The van der Waals surface area contributed by atoms with Crippen LogP contribution in [0.3, 0.4) is 0 Å². The third kappa shape index (κ3) is 4.89. The van der Waals surface area contributed by atoms with Gasteiger partial charge in [0.15, 0.2) is 5.17 Å². The van der Waals surface area contributed by atoms with E-state index in [9.17, 15) is 9.59 Å². The number of ether oxygens (including phenoxy) is 2. The Morgan fingerprint density at radius 3 is 2.67 bits per heavy atom. The number of amides is 2. The number of hydrogen-bond acceptors (Lipinski definition) is 7. The summed E-state index contributed by atoms with van der Waals surface area (Å²) in [5.41, 5.74) is 3.58. The molecular formula is C27H28N4O4S. The van der Waals surface area contributed by atoms with Gasteiger partial charge in [0.05, 0.1) is 44.1 Å². The van der Waals surface area contributed by atoms with Gasteiger partial charge < -0.3 is 24.6 Å². The Bertz CT molecular complexity index is 1250. The van der Waals surface area contributed by atoms with Gasteiger partial charge in [-0.15, -0.1) is 0 Å². The molecule has 1 fully saturated rings. The molecule has 5 rings (SSSR count). The number of morpholine rings is 1. The van der Waals surface area contributed by atoms with Crippen molar-refractivity contribution in [2.24, 2.45) is 4.99 Å². The fourth-order valence-corrected chi connectivity index (χ4v) is 5.55. The lowest BCUT2D eigenvalue weighted by molar-refractivity contribution is -0.134. The fourth-order valence-electron chi connectivity index (χ4n) is 4.59. The minimum Gasteiger partial charge on any atom is -0.497 e. The van der Waals surface area contributed by atoms with Crippen LogP contribution in [0.15, 0.2) is 82.0 Å². The highest BCUT2D eigenvalue weighted by Crippen LogP contribution is 2.45. The van der Waals surface area contributed by atoms with E-state index in [1.807, 2.05) is 76.7 Å². The Morgan fingerprint density at radius 2 is 1.92 bits per heavy atom. The molecule has 1 saturated heterocycles. The van der Waals surface area contributed by atoms with Gasteiger partial charge in [-0.1, -0.05) is 42.1 Å². The van der Waals surface area contributed by atoms with E-state index in [0.717, 1.165) is 16.4 Å². The first-order valence-corrected chi connectivity index (χ1v) is 12.7. The Balaban J connectivity index is 1.51. The number of nitrogens with one attached hydrogen (secondary N) is 1. The molecule has 0 aliphatic carbocycles. The standard InChI is InChI=1S/C27H28N4O4S/c1-18-24(26(33)29-20-8-4-3-5-9-20)25(19-7-6-10-22(15-19)34-2)31-21(17-36-27(31)28-18)16-23(32)30-11-13-35-14-12-30/h3-10,15,17,25H,11-14,16H2,1-2H3,(H,29,33). The van der Waals surface area contributed by atoms with Crippen LogP contribution in [0, 0.1) is 0 Å². The lowest BCUT2D eigenvalue weighted by Gasteiger charge is -2.37. The van der Waals surface area contributed by atoms with E-state index in [2.05, 4.69) is 5.32 Å². The molecule has 186 valence electrons. The van der Waals surface area contributed by atoms with Crippen molar-refractivity contribution in [3.8, 4) is 5.75 Å². The second-order valence-electron chi connectivity index (χ2n) is 8.66. The summed E-state index contributed by atoms with van der Waals surface area (Å²) < 4.78 is 10.9. The van der Waals surface area contributed by atoms with Crippen molar-refractivity contribution in [1.82, 2.24) is 9.80 Å². The average molecular weight is 505 g/mol. The first kappa shape index (κ1) is 24.1. The molecule has 2 aromatic rings. The van der Waals surface area contributed by atoms with Crippen LogP contribution in [0.25, 0.3) is 0 Å². The number of anilines is 1. The predicted octanol–water partition coefficient (Wildman–Crippen LogP) is 4.16. The highest BCUT2D eigenvalue weighted by Gasteiger charge is 2.41. The quantitative estimate of drug-likeness (QED) is 0.636. The number of thioether (sulfide) groups is 1. The minimum absolute atomic E-state index is 0.0392. The van der Waals surface area contributed by atoms with Crippen molar-refractivity contribution in [2.45, 2.75) is 19.4 Å². The zero-order valence-corrected chi connectivity index (χ0v) is 21.1. The Hall–Kier alpha value is -3.56. The molecule has 1 N–H and O–H groups in total. The average Bonchev–Trinajstić information content (AvgIpc) is 3.30. The molecule has 3 aliphatic rings. The third-order valence-electron chi connectivity index (χ3n) is 6.38. The molecule has 8 nitrogen and oxygen atoms in total. The number of fused-ring (bicyclic) bond motifs is 1. The van der Waals surface area contributed by atoms with Crippen molar-refractivity contribution in [1.29, 1.82) is 0 Å². The van der Waals surface area contributed by atoms with Gasteiger partial charge in [-0.25, -0.2) is 4.99 Å². The summed E-state index contributed by atoms with van der Waals surface area (Å²) in [7, 11) is 1.62. The molecule has 1 atom stereocenters. The number of rotatable bonds is 6. The Labute approximate surface area is 214 Å². The summed E-state index contributed by atoms with van der Waals surface area (Å²) in [6.07, 6.45) is 0.221. The van der Waals surface area contributed by atoms with Crippen LogP contribution >= 0.6 is 11.8 Å². The van der Waals surface area contributed by atoms with Crippen molar-refractivity contribution < 1.29 is 19.1 Å². The van der Waals surface area contributed by atoms with Crippen molar-refractivity contribution in [3.05, 3.63) is 82.5 Å². The normalized spacial score (nSPS) is 19.4. The summed E-state index contributed by atoms with van der Waals surface area (Å²) >= 11 is 1.47. The number of carbonyl (C=O) groups excluding carboxylic acids is 2. The summed E-state index contributed by atoms with van der Waals surface area (Å²) in [4.78, 5) is 35.4. The molecule has 3 heterocycles. The topological polar surface area (TPSA) is 83.5 Å². The van der Waals surface area contributed by atoms with E-state index < -0.39 is 6.04 Å². The van der Waals surface area contributed by atoms with Gasteiger partial charge in [0.2, 0.25) is 5.91 Å². The SMILES string of the molecule is COc1cccc(C2C(C(=O)Nc3ccccc3)=C(C)N=C3SC=C(CC(=O)N4CCOCC4)N32)c1. The zero-order valence-electron chi connectivity index (χ0n) is 20.3. The summed E-state index contributed by atoms with van der Waals surface area (Å²) in [5, 5.41) is 5.74. The number of amidine groups is 1. The van der Waals surface area contributed by atoms with Crippen LogP contribution in [-0.2, 0) is 14.3 Å². The molecule has 0 bridgehead atoms. The first-order chi connectivity index (χ1) is 17.5. The van der Waals surface area contributed by atoms with Crippen molar-refractivity contribution in [3.63, 3.8) is 0 Å². The number of methoxy groups -OCH3 is 1. The number of aliphatic imine (C=N–C) groups is 1. The molecule has 3 aliphatic heterocycles. The first-order valence-electron chi connectivity index (χ1n) is 11.9. The monoisotopic (exact) mass is 504 g/mol. The summed E-state index contributed by atoms with van der Waals surface area (Å²) in [5.74, 6) is 0.501. The maximum atomic E-state index is 13.7. The van der Waals surface area contributed by atoms with E-state index in [4.69, 9.17) is 14.5 Å². The number of nitrogens with zero attached hydrogens (tertiary/aromatic N) is 3. The molecule has 36 heavy (non-hydrogen) atoms. The summed E-state index contributed by atoms with van der Waals surface area (Å²) in [6.45, 7) is 4.13. The zero-order chi connectivity index (χ0) is 25.1. The predicted molar refractivity (Wildman–Crippen MR) is 140 cm³/mol. The van der Waals surface area contributed by atoms with Crippen molar-refractivity contribution in [2.75, 3.05) is 38.7 Å². The molecule has 9 heteroatoms.